The summed E-state index contributed by atoms with van der Waals surface area (Å²) in [5.41, 5.74) is 5.66. The predicted octanol–water partition coefficient (Wildman–Crippen LogP) is 1.47. The van der Waals surface area contributed by atoms with Gasteiger partial charge in [0.05, 0.1) is 6.10 Å². The Morgan fingerprint density at radius 3 is 2.60 bits per heavy atom. The van der Waals surface area contributed by atoms with Crippen LogP contribution in [0, 0.1) is 5.92 Å². The normalized spacial score (nSPS) is 18.4. The molecule has 1 rings (SSSR count). The summed E-state index contributed by atoms with van der Waals surface area (Å²) in [5.74, 6) is 0.980. The number of hydrogen-bond acceptors (Lipinski definition) is 3. The van der Waals surface area contributed by atoms with Crippen molar-refractivity contribution in [3.05, 3.63) is 0 Å². The lowest BCUT2D eigenvalue weighted by Gasteiger charge is -2.23. The van der Waals surface area contributed by atoms with Crippen LogP contribution in [0.5, 0.6) is 0 Å². The summed E-state index contributed by atoms with van der Waals surface area (Å²) in [5, 5.41) is 0. The van der Waals surface area contributed by atoms with E-state index in [1.807, 2.05) is 6.92 Å². The highest BCUT2D eigenvalue weighted by Crippen LogP contribution is 2.29. The minimum Gasteiger partial charge on any atom is -0.377 e. The van der Waals surface area contributed by atoms with Gasteiger partial charge in [-0.05, 0) is 38.6 Å². The molecule has 2 N–H and O–H groups in total. The second-order valence-corrected chi connectivity index (χ2v) is 4.44. The number of ether oxygens (including phenoxy) is 1. The zero-order valence-corrected chi connectivity index (χ0v) is 10.2. The van der Waals surface area contributed by atoms with E-state index in [4.69, 9.17) is 10.5 Å². The van der Waals surface area contributed by atoms with Crippen LogP contribution in [0.15, 0.2) is 0 Å². The van der Waals surface area contributed by atoms with Crippen LogP contribution in [0.3, 0.4) is 0 Å². The van der Waals surface area contributed by atoms with E-state index in [0.29, 0.717) is 6.54 Å². The Morgan fingerprint density at radius 1 is 1.40 bits per heavy atom. The molecule has 0 amide bonds. The molecule has 1 unspecified atom stereocenters. The Kier molecular flexibility index (Phi) is 6.22. The van der Waals surface area contributed by atoms with Crippen LogP contribution in [0.25, 0.3) is 0 Å². The molecule has 0 bridgehead atoms. The van der Waals surface area contributed by atoms with Gasteiger partial charge in [0, 0.05) is 26.2 Å². The lowest BCUT2D eigenvalue weighted by Crippen LogP contribution is -2.32. The summed E-state index contributed by atoms with van der Waals surface area (Å²) in [4.78, 5) is 2.53. The van der Waals surface area contributed by atoms with Crippen LogP contribution in [-0.2, 0) is 4.74 Å². The molecule has 1 saturated carbocycles. The SMILES string of the molecule is CCOC(CN)CCN(CC)CC1CC1. The largest absolute Gasteiger partial charge is 0.377 e. The Hall–Kier alpha value is -0.120. The minimum absolute atomic E-state index is 0.253. The van der Waals surface area contributed by atoms with E-state index in [-0.39, 0.29) is 6.10 Å². The summed E-state index contributed by atoms with van der Waals surface area (Å²) >= 11 is 0. The van der Waals surface area contributed by atoms with E-state index in [1.54, 1.807) is 0 Å². The van der Waals surface area contributed by atoms with Gasteiger partial charge in [0.25, 0.3) is 0 Å². The van der Waals surface area contributed by atoms with E-state index in [1.165, 1.54) is 19.4 Å². The van der Waals surface area contributed by atoms with Crippen LogP contribution in [0.4, 0.5) is 0 Å². The molecule has 0 heterocycles. The number of hydrogen-bond donors (Lipinski definition) is 1. The fourth-order valence-electron chi connectivity index (χ4n) is 1.88. The van der Waals surface area contributed by atoms with Crippen molar-refractivity contribution < 1.29 is 4.74 Å². The molecule has 1 fully saturated rings. The van der Waals surface area contributed by atoms with Crippen molar-refractivity contribution in [1.82, 2.24) is 4.90 Å². The summed E-state index contributed by atoms with van der Waals surface area (Å²) < 4.78 is 5.55. The van der Waals surface area contributed by atoms with Crippen molar-refractivity contribution in [3.8, 4) is 0 Å². The maximum Gasteiger partial charge on any atom is 0.0709 e. The molecule has 0 saturated heterocycles. The van der Waals surface area contributed by atoms with Crippen LogP contribution in [-0.4, -0.2) is 43.8 Å². The van der Waals surface area contributed by atoms with Gasteiger partial charge in [-0.25, -0.2) is 0 Å². The number of rotatable bonds is 9. The van der Waals surface area contributed by atoms with Gasteiger partial charge < -0.3 is 15.4 Å². The summed E-state index contributed by atoms with van der Waals surface area (Å²) in [6, 6.07) is 0. The highest BCUT2D eigenvalue weighted by Gasteiger charge is 2.23. The van der Waals surface area contributed by atoms with Gasteiger partial charge >= 0.3 is 0 Å². The Morgan fingerprint density at radius 2 is 2.13 bits per heavy atom. The average molecular weight is 214 g/mol. The van der Waals surface area contributed by atoms with Crippen LogP contribution in [0.2, 0.25) is 0 Å². The third kappa shape index (κ3) is 5.50. The first-order chi connectivity index (χ1) is 7.30. The van der Waals surface area contributed by atoms with Crippen molar-refractivity contribution in [2.24, 2.45) is 11.7 Å². The topological polar surface area (TPSA) is 38.5 Å². The third-order valence-corrected chi connectivity index (χ3v) is 3.09. The molecule has 1 aliphatic rings. The summed E-state index contributed by atoms with van der Waals surface area (Å²) in [6.45, 7) is 9.26. The molecule has 3 nitrogen and oxygen atoms in total. The molecule has 90 valence electrons. The highest BCUT2D eigenvalue weighted by atomic mass is 16.5. The molecule has 0 aromatic rings. The van der Waals surface area contributed by atoms with Crippen molar-refractivity contribution >= 4 is 0 Å². The molecule has 15 heavy (non-hydrogen) atoms. The maximum absolute atomic E-state index is 5.66. The van der Waals surface area contributed by atoms with E-state index in [0.717, 1.165) is 32.0 Å². The second-order valence-electron chi connectivity index (χ2n) is 4.44. The molecule has 1 aliphatic carbocycles. The molecule has 0 radical (unpaired) electrons. The smallest absolute Gasteiger partial charge is 0.0709 e. The van der Waals surface area contributed by atoms with Crippen molar-refractivity contribution in [2.45, 2.75) is 39.2 Å². The Labute approximate surface area is 94.0 Å². The zero-order valence-electron chi connectivity index (χ0n) is 10.2. The van der Waals surface area contributed by atoms with E-state index >= 15 is 0 Å². The molecule has 0 aromatic carbocycles. The molecular weight excluding hydrogens is 188 g/mol. The zero-order chi connectivity index (χ0) is 11.1. The first-order valence-corrected chi connectivity index (χ1v) is 6.34. The fourth-order valence-corrected chi connectivity index (χ4v) is 1.88. The van der Waals surface area contributed by atoms with Crippen molar-refractivity contribution in [1.29, 1.82) is 0 Å². The summed E-state index contributed by atoms with van der Waals surface area (Å²) in [6.07, 6.45) is 4.19. The monoisotopic (exact) mass is 214 g/mol. The Balaban J connectivity index is 2.12. The number of nitrogens with two attached hydrogens (primary N) is 1. The lowest BCUT2D eigenvalue weighted by atomic mass is 10.2. The quantitative estimate of drug-likeness (QED) is 0.632. The minimum atomic E-state index is 0.253. The van der Waals surface area contributed by atoms with E-state index in [9.17, 15) is 0 Å². The van der Waals surface area contributed by atoms with Gasteiger partial charge in [-0.1, -0.05) is 6.92 Å². The molecule has 0 spiro atoms. The molecule has 0 aliphatic heterocycles. The van der Waals surface area contributed by atoms with Gasteiger partial charge in [0.2, 0.25) is 0 Å². The molecule has 1 atom stereocenters. The Bertz CT molecular complexity index is 160. The van der Waals surface area contributed by atoms with Crippen LogP contribution >= 0.6 is 0 Å². The fraction of sp³-hybridized carbons (Fsp3) is 1.00. The van der Waals surface area contributed by atoms with Gasteiger partial charge in [0.15, 0.2) is 0 Å². The lowest BCUT2D eigenvalue weighted by molar-refractivity contribution is 0.0544. The van der Waals surface area contributed by atoms with Gasteiger partial charge in [-0.3, -0.25) is 0 Å². The maximum atomic E-state index is 5.66. The first-order valence-electron chi connectivity index (χ1n) is 6.34. The average Bonchev–Trinajstić information content (AvgIpc) is 3.05. The van der Waals surface area contributed by atoms with E-state index < -0.39 is 0 Å². The molecule has 0 aromatic heterocycles. The van der Waals surface area contributed by atoms with Crippen molar-refractivity contribution in [3.63, 3.8) is 0 Å². The van der Waals surface area contributed by atoms with Gasteiger partial charge in [-0.2, -0.15) is 0 Å². The van der Waals surface area contributed by atoms with Crippen LogP contribution < -0.4 is 5.73 Å². The standard InChI is InChI=1S/C12H26N2O/c1-3-14(10-11-5-6-11)8-7-12(9-13)15-4-2/h11-12H,3-10,13H2,1-2H3. The number of nitrogens with zero attached hydrogens (tertiary/aromatic N) is 1. The van der Waals surface area contributed by atoms with E-state index in [2.05, 4.69) is 11.8 Å². The molecule has 3 heteroatoms. The van der Waals surface area contributed by atoms with Gasteiger partial charge in [0.1, 0.15) is 0 Å². The second kappa shape index (κ2) is 7.20. The van der Waals surface area contributed by atoms with Gasteiger partial charge in [-0.15, -0.1) is 0 Å². The van der Waals surface area contributed by atoms with Crippen molar-refractivity contribution in [2.75, 3.05) is 32.8 Å². The first kappa shape index (κ1) is 12.9. The highest BCUT2D eigenvalue weighted by molar-refractivity contribution is 4.77. The predicted molar refractivity (Wildman–Crippen MR) is 63.9 cm³/mol. The molecular formula is C12H26N2O. The summed E-state index contributed by atoms with van der Waals surface area (Å²) in [7, 11) is 0. The third-order valence-electron chi connectivity index (χ3n) is 3.09. The van der Waals surface area contributed by atoms with Crippen LogP contribution in [0.1, 0.15) is 33.1 Å².